The molecule has 0 aliphatic carbocycles. The maximum atomic E-state index is 3.53. The Balaban J connectivity index is 3.97. The summed E-state index contributed by atoms with van der Waals surface area (Å²) in [5.74, 6) is 0. The van der Waals surface area contributed by atoms with Gasteiger partial charge in [0.15, 0.2) is 0 Å². The molecule has 0 heterocycles. The van der Waals surface area contributed by atoms with Gasteiger partial charge in [-0.05, 0) is 40.5 Å². The van der Waals surface area contributed by atoms with Gasteiger partial charge in [-0.3, -0.25) is 0 Å². The third kappa shape index (κ3) is 10.3. The fraction of sp³-hybridized carbons (Fsp3) is 1.00. The Morgan fingerprint density at radius 1 is 0.762 bits per heavy atom. The molecule has 2 N–H and O–H groups in total. The molecule has 0 radical (unpaired) electrons. The summed E-state index contributed by atoms with van der Waals surface area (Å²) in [5.41, 5.74) is 0.0753. The number of hydrogen-bond donors (Lipinski definition) is 2. The van der Waals surface area contributed by atoms with E-state index in [1.807, 2.05) is 0 Å². The molecule has 0 saturated carbocycles. The Morgan fingerprint density at radius 2 is 1.29 bits per heavy atom. The average molecular weight is 300 g/mol. The highest BCUT2D eigenvalue weighted by molar-refractivity contribution is 4.85. The van der Waals surface area contributed by atoms with Gasteiger partial charge in [0, 0.05) is 6.54 Å². The smallest absolute Gasteiger partial charge is 0.0812 e. The van der Waals surface area contributed by atoms with Crippen molar-refractivity contribution in [2.24, 2.45) is 0 Å². The zero-order chi connectivity index (χ0) is 16.0. The summed E-state index contributed by atoms with van der Waals surface area (Å²) >= 11 is 0. The second-order valence-corrected chi connectivity index (χ2v) is 6.54. The van der Waals surface area contributed by atoms with Gasteiger partial charge in [-0.2, -0.15) is 0 Å². The quantitative estimate of drug-likeness (QED) is 0.353. The number of hydrogen-bond acceptors (Lipinski definition) is 3. The molecule has 0 aromatic carbocycles. The van der Waals surface area contributed by atoms with E-state index in [4.69, 9.17) is 0 Å². The van der Waals surface area contributed by atoms with E-state index in [1.54, 1.807) is 0 Å². The zero-order valence-electron chi connectivity index (χ0n) is 15.4. The molecule has 21 heavy (non-hydrogen) atoms. The van der Waals surface area contributed by atoms with E-state index in [1.165, 1.54) is 70.8 Å². The second-order valence-electron chi connectivity index (χ2n) is 6.54. The third-order valence-corrected chi connectivity index (χ3v) is 4.60. The van der Waals surface area contributed by atoms with Crippen LogP contribution in [0.4, 0.5) is 0 Å². The summed E-state index contributed by atoms with van der Waals surface area (Å²) in [6.45, 7) is 6.81. The van der Waals surface area contributed by atoms with Crippen LogP contribution in [-0.4, -0.2) is 44.8 Å². The highest BCUT2D eigenvalue weighted by Crippen LogP contribution is 2.15. The molecule has 0 unspecified atom stereocenters. The topological polar surface area (TPSA) is 27.3 Å². The lowest BCUT2D eigenvalue weighted by Crippen LogP contribution is -2.60. The number of nitrogens with zero attached hydrogens (tertiary/aromatic N) is 1. The van der Waals surface area contributed by atoms with Gasteiger partial charge in [-0.25, -0.2) is 0 Å². The molecule has 0 aromatic heterocycles. The number of rotatable bonds is 15. The van der Waals surface area contributed by atoms with Crippen LogP contribution in [0.2, 0.25) is 0 Å². The highest BCUT2D eigenvalue weighted by Gasteiger charge is 2.26. The fourth-order valence-corrected chi connectivity index (χ4v) is 2.96. The molecule has 0 aromatic rings. The van der Waals surface area contributed by atoms with E-state index in [0.29, 0.717) is 0 Å². The van der Waals surface area contributed by atoms with E-state index in [-0.39, 0.29) is 5.66 Å². The first-order chi connectivity index (χ1) is 10.1. The van der Waals surface area contributed by atoms with Crippen molar-refractivity contribution in [3.63, 3.8) is 0 Å². The molecule has 3 nitrogen and oxygen atoms in total. The van der Waals surface area contributed by atoms with E-state index in [2.05, 4.69) is 50.5 Å². The summed E-state index contributed by atoms with van der Waals surface area (Å²) in [6, 6.07) is 0. The summed E-state index contributed by atoms with van der Waals surface area (Å²) in [7, 11) is 6.42. The van der Waals surface area contributed by atoms with Crippen molar-refractivity contribution in [1.29, 1.82) is 0 Å². The van der Waals surface area contributed by atoms with Gasteiger partial charge in [0.05, 0.1) is 5.66 Å². The van der Waals surface area contributed by atoms with Crippen molar-refractivity contribution in [1.82, 2.24) is 15.5 Å². The Kier molecular flexibility index (Phi) is 13.5. The lowest BCUT2D eigenvalue weighted by atomic mass is 9.99. The normalized spacial score (nSPS) is 12.3. The molecule has 0 aliphatic rings. The standard InChI is InChI=1S/C18H41N3/c1-6-8-10-11-12-13-14-15-18(19-3,20-4)17-21(5)16-9-7-2/h19-20H,6-17H2,1-5H3. The molecule has 3 heteroatoms. The summed E-state index contributed by atoms with van der Waals surface area (Å²) in [4.78, 5) is 2.46. The average Bonchev–Trinajstić information content (AvgIpc) is 2.51. The van der Waals surface area contributed by atoms with E-state index < -0.39 is 0 Å². The first-order valence-electron chi connectivity index (χ1n) is 9.20. The maximum Gasteiger partial charge on any atom is 0.0812 e. The fourth-order valence-electron chi connectivity index (χ4n) is 2.96. The van der Waals surface area contributed by atoms with Crippen molar-refractivity contribution in [2.75, 3.05) is 34.2 Å². The van der Waals surface area contributed by atoms with E-state index >= 15 is 0 Å². The van der Waals surface area contributed by atoms with Crippen LogP contribution in [0.3, 0.4) is 0 Å². The molecule has 0 atom stereocenters. The van der Waals surface area contributed by atoms with E-state index in [9.17, 15) is 0 Å². The summed E-state index contributed by atoms with van der Waals surface area (Å²) < 4.78 is 0. The van der Waals surface area contributed by atoms with Crippen molar-refractivity contribution in [3.8, 4) is 0 Å². The van der Waals surface area contributed by atoms with Crippen molar-refractivity contribution in [2.45, 2.75) is 83.7 Å². The van der Waals surface area contributed by atoms with Crippen LogP contribution in [0.1, 0.15) is 78.1 Å². The predicted octanol–water partition coefficient (Wildman–Crippen LogP) is 3.99. The molecular formula is C18H41N3. The minimum Gasteiger partial charge on any atom is -0.303 e. The van der Waals surface area contributed by atoms with Crippen molar-refractivity contribution < 1.29 is 0 Å². The van der Waals surface area contributed by atoms with Crippen molar-refractivity contribution in [3.05, 3.63) is 0 Å². The highest BCUT2D eigenvalue weighted by atomic mass is 15.2. The molecule has 128 valence electrons. The third-order valence-electron chi connectivity index (χ3n) is 4.60. The van der Waals surface area contributed by atoms with Crippen LogP contribution >= 0.6 is 0 Å². The molecule has 0 fully saturated rings. The summed E-state index contributed by atoms with van der Waals surface area (Å²) in [6.07, 6.45) is 13.4. The Bertz CT molecular complexity index is 215. The van der Waals surface area contributed by atoms with Crippen LogP contribution in [-0.2, 0) is 0 Å². The van der Waals surface area contributed by atoms with Crippen LogP contribution < -0.4 is 10.6 Å². The van der Waals surface area contributed by atoms with Crippen molar-refractivity contribution >= 4 is 0 Å². The molecule has 0 saturated heterocycles. The van der Waals surface area contributed by atoms with Crippen LogP contribution in [0, 0.1) is 0 Å². The maximum absolute atomic E-state index is 3.53. The predicted molar refractivity (Wildman–Crippen MR) is 95.9 cm³/mol. The lowest BCUT2D eigenvalue weighted by molar-refractivity contribution is 0.171. The molecule has 0 amide bonds. The summed E-state index contributed by atoms with van der Waals surface area (Å²) in [5, 5.41) is 7.06. The number of nitrogens with one attached hydrogen (secondary N) is 2. The molecular weight excluding hydrogens is 258 g/mol. The van der Waals surface area contributed by atoms with Gasteiger partial charge in [0.2, 0.25) is 0 Å². The monoisotopic (exact) mass is 299 g/mol. The van der Waals surface area contributed by atoms with Gasteiger partial charge in [-0.15, -0.1) is 0 Å². The van der Waals surface area contributed by atoms with Gasteiger partial charge in [-0.1, -0.05) is 65.2 Å². The van der Waals surface area contributed by atoms with Crippen LogP contribution in [0.5, 0.6) is 0 Å². The zero-order valence-corrected chi connectivity index (χ0v) is 15.4. The SMILES string of the molecule is CCCCCCCCCC(CN(C)CCCC)(NC)NC. The van der Waals surface area contributed by atoms with Crippen LogP contribution in [0.15, 0.2) is 0 Å². The Morgan fingerprint density at radius 3 is 1.81 bits per heavy atom. The molecule has 0 spiro atoms. The molecule has 0 aliphatic heterocycles. The van der Waals surface area contributed by atoms with Gasteiger partial charge in [0.25, 0.3) is 0 Å². The lowest BCUT2D eigenvalue weighted by Gasteiger charge is -2.37. The first-order valence-corrected chi connectivity index (χ1v) is 9.20. The van der Waals surface area contributed by atoms with Gasteiger partial charge in [0.1, 0.15) is 0 Å². The van der Waals surface area contributed by atoms with Gasteiger partial charge < -0.3 is 15.5 Å². The Hall–Kier alpha value is -0.120. The largest absolute Gasteiger partial charge is 0.303 e. The van der Waals surface area contributed by atoms with E-state index in [0.717, 1.165) is 6.54 Å². The molecule has 0 bridgehead atoms. The number of likely N-dealkylation sites (N-methyl/N-ethyl adjacent to an activating group) is 3. The minimum atomic E-state index is 0.0753. The number of unbranched alkanes of at least 4 members (excludes halogenated alkanes) is 7. The van der Waals surface area contributed by atoms with Gasteiger partial charge >= 0.3 is 0 Å². The Labute approximate surface area is 134 Å². The minimum absolute atomic E-state index is 0.0753. The van der Waals surface area contributed by atoms with Crippen LogP contribution in [0.25, 0.3) is 0 Å². The first kappa shape index (κ1) is 20.9. The molecule has 0 rings (SSSR count). The second kappa shape index (κ2) is 13.5.